The first-order valence-electron chi connectivity index (χ1n) is 8.68. The van der Waals surface area contributed by atoms with E-state index in [1.165, 1.54) is 16.9 Å². The Hall–Kier alpha value is -4.04. The van der Waals surface area contributed by atoms with Crippen LogP contribution in [-0.2, 0) is 4.79 Å². The fourth-order valence-electron chi connectivity index (χ4n) is 3.37. The van der Waals surface area contributed by atoms with Gasteiger partial charge in [-0.1, -0.05) is 0 Å². The van der Waals surface area contributed by atoms with E-state index in [-0.39, 0.29) is 11.7 Å². The highest BCUT2D eigenvalue weighted by molar-refractivity contribution is 5.93. The predicted molar refractivity (Wildman–Crippen MR) is 102 cm³/mol. The number of amides is 1. The normalized spacial score (nSPS) is 13.9. The number of hydrogen-bond acceptors (Lipinski definition) is 6. The van der Waals surface area contributed by atoms with Gasteiger partial charge in [-0.3, -0.25) is 4.79 Å². The summed E-state index contributed by atoms with van der Waals surface area (Å²) in [7, 11) is 0. The van der Waals surface area contributed by atoms with E-state index in [1.807, 2.05) is 12.1 Å². The lowest BCUT2D eigenvalue weighted by molar-refractivity contribution is -0.125. The summed E-state index contributed by atoms with van der Waals surface area (Å²) in [6.45, 7) is 2.41. The van der Waals surface area contributed by atoms with E-state index in [1.54, 1.807) is 17.2 Å². The lowest BCUT2D eigenvalue weighted by atomic mass is 10.1. The Morgan fingerprint density at radius 3 is 2.64 bits per heavy atom. The molecule has 138 valence electrons. The Morgan fingerprint density at radius 1 is 1.21 bits per heavy atom. The Kier molecular flexibility index (Phi) is 4.30. The molecule has 4 heterocycles. The minimum Gasteiger partial charge on any atom is -0.506 e. The van der Waals surface area contributed by atoms with Crippen LogP contribution in [0.3, 0.4) is 0 Å². The second-order valence-corrected chi connectivity index (χ2v) is 6.40. The van der Waals surface area contributed by atoms with Crippen molar-refractivity contribution in [1.82, 2.24) is 19.5 Å². The highest BCUT2D eigenvalue weighted by atomic mass is 16.3. The summed E-state index contributed by atoms with van der Waals surface area (Å²) in [6, 6.07) is 7.50. The van der Waals surface area contributed by atoms with E-state index in [9.17, 15) is 15.2 Å². The number of aromatic hydroxyl groups is 1. The summed E-state index contributed by atoms with van der Waals surface area (Å²) >= 11 is 0. The van der Waals surface area contributed by atoms with Crippen molar-refractivity contribution in [3.05, 3.63) is 42.4 Å². The number of aromatic nitrogens is 3. The molecule has 28 heavy (non-hydrogen) atoms. The molecule has 0 saturated carbocycles. The van der Waals surface area contributed by atoms with Crippen LogP contribution in [0.15, 0.2) is 36.8 Å². The van der Waals surface area contributed by atoms with E-state index < -0.39 is 0 Å². The van der Waals surface area contributed by atoms with Crippen molar-refractivity contribution in [3.63, 3.8) is 0 Å². The van der Waals surface area contributed by atoms with Crippen LogP contribution in [0.2, 0.25) is 0 Å². The van der Waals surface area contributed by atoms with Crippen molar-refractivity contribution in [2.45, 2.75) is 0 Å². The molecular weight excluding hydrogens is 356 g/mol. The Labute approximate surface area is 161 Å². The summed E-state index contributed by atoms with van der Waals surface area (Å²) in [5.74, 6) is 2.70. The van der Waals surface area contributed by atoms with Gasteiger partial charge in [-0.15, -0.1) is 6.42 Å². The molecule has 8 nitrogen and oxygen atoms in total. The maximum Gasteiger partial charge on any atom is 0.298 e. The van der Waals surface area contributed by atoms with Crippen molar-refractivity contribution in [2.75, 3.05) is 31.1 Å². The second kappa shape index (κ2) is 6.93. The van der Waals surface area contributed by atoms with Gasteiger partial charge in [0.05, 0.1) is 23.5 Å². The SMILES string of the molecule is C#CC(=O)N1CCN(c2ccc(-c3cc(O)cn4ncc(C#N)c34)cn2)CC1. The van der Waals surface area contributed by atoms with E-state index >= 15 is 0 Å². The summed E-state index contributed by atoms with van der Waals surface area (Å²) in [4.78, 5) is 19.8. The van der Waals surface area contributed by atoms with Crippen molar-refractivity contribution in [2.24, 2.45) is 0 Å². The zero-order chi connectivity index (χ0) is 19.7. The first kappa shape index (κ1) is 17.4. The third kappa shape index (κ3) is 2.97. The fourth-order valence-corrected chi connectivity index (χ4v) is 3.37. The first-order valence-corrected chi connectivity index (χ1v) is 8.68. The topological polar surface area (TPSA) is 97.8 Å². The average molecular weight is 372 g/mol. The van der Waals surface area contributed by atoms with Crippen LogP contribution < -0.4 is 4.90 Å². The van der Waals surface area contributed by atoms with Crippen molar-refractivity contribution < 1.29 is 9.90 Å². The van der Waals surface area contributed by atoms with Crippen LogP contribution in [0, 0.1) is 23.7 Å². The van der Waals surface area contributed by atoms with Crippen LogP contribution in [0.4, 0.5) is 5.82 Å². The zero-order valence-corrected chi connectivity index (χ0v) is 14.9. The molecule has 0 spiro atoms. The van der Waals surface area contributed by atoms with E-state index in [0.717, 1.165) is 11.4 Å². The average Bonchev–Trinajstić information content (AvgIpc) is 3.15. The van der Waals surface area contributed by atoms with Crippen LogP contribution in [0.5, 0.6) is 5.75 Å². The first-order chi connectivity index (χ1) is 13.6. The number of pyridine rings is 2. The van der Waals surface area contributed by atoms with Gasteiger partial charge in [0.2, 0.25) is 0 Å². The van der Waals surface area contributed by atoms with Crippen LogP contribution in [0.1, 0.15) is 5.56 Å². The summed E-state index contributed by atoms with van der Waals surface area (Å²) < 4.78 is 1.48. The smallest absolute Gasteiger partial charge is 0.298 e. The quantitative estimate of drug-likeness (QED) is 0.680. The Balaban J connectivity index is 1.61. The molecule has 1 aliphatic heterocycles. The maximum absolute atomic E-state index is 11.6. The number of anilines is 1. The lowest BCUT2D eigenvalue weighted by Gasteiger charge is -2.34. The van der Waals surface area contributed by atoms with Crippen molar-refractivity contribution in [3.8, 4) is 35.3 Å². The molecule has 3 aromatic rings. The minimum atomic E-state index is -0.287. The molecule has 1 amide bonds. The second-order valence-electron chi connectivity index (χ2n) is 6.40. The molecule has 1 fully saturated rings. The lowest BCUT2D eigenvalue weighted by Crippen LogP contribution is -2.48. The number of nitriles is 1. The number of carbonyl (C=O) groups is 1. The number of rotatable bonds is 2. The molecule has 0 radical (unpaired) electrons. The molecule has 0 unspecified atom stereocenters. The monoisotopic (exact) mass is 372 g/mol. The van der Waals surface area contributed by atoms with Crippen LogP contribution in [-0.4, -0.2) is 56.7 Å². The molecule has 0 aliphatic carbocycles. The molecule has 1 saturated heterocycles. The van der Waals surface area contributed by atoms with Gasteiger partial charge in [0.15, 0.2) is 0 Å². The summed E-state index contributed by atoms with van der Waals surface area (Å²) in [5, 5.41) is 23.4. The predicted octanol–water partition coefficient (Wildman–Crippen LogP) is 1.26. The number of nitrogens with zero attached hydrogens (tertiary/aromatic N) is 6. The summed E-state index contributed by atoms with van der Waals surface area (Å²) in [6.07, 6.45) is 9.80. The van der Waals surface area contributed by atoms with Crippen molar-refractivity contribution in [1.29, 1.82) is 5.26 Å². The van der Waals surface area contributed by atoms with Gasteiger partial charge in [0, 0.05) is 43.5 Å². The highest BCUT2D eigenvalue weighted by Gasteiger charge is 2.21. The number of hydrogen-bond donors (Lipinski definition) is 1. The van der Waals surface area contributed by atoms with Gasteiger partial charge in [-0.05, 0) is 24.1 Å². The number of terminal acetylenes is 1. The summed E-state index contributed by atoms with van der Waals surface area (Å²) in [5.41, 5.74) is 2.49. The maximum atomic E-state index is 11.6. The molecular formula is C20H16N6O2. The van der Waals surface area contributed by atoms with E-state index in [4.69, 9.17) is 6.42 Å². The molecule has 0 atom stereocenters. The molecule has 3 aromatic heterocycles. The van der Waals surface area contributed by atoms with Crippen LogP contribution >= 0.6 is 0 Å². The number of piperazine rings is 1. The highest BCUT2D eigenvalue weighted by Crippen LogP contribution is 2.30. The third-order valence-electron chi connectivity index (χ3n) is 4.79. The zero-order valence-electron chi connectivity index (χ0n) is 14.9. The van der Waals surface area contributed by atoms with Gasteiger partial charge in [-0.2, -0.15) is 10.4 Å². The Bertz CT molecular complexity index is 1130. The standard InChI is InChI=1S/C20H16N6O2/c1-2-19(28)25-7-5-24(6-8-25)18-4-3-14(11-22-18)17-9-16(27)13-26-20(17)15(10-21)12-23-26/h1,3-4,9,11-13,27H,5-8H2. The van der Waals surface area contributed by atoms with Gasteiger partial charge < -0.3 is 14.9 Å². The largest absolute Gasteiger partial charge is 0.506 e. The molecule has 1 N–H and O–H groups in total. The molecule has 0 aromatic carbocycles. The van der Waals surface area contributed by atoms with Gasteiger partial charge in [-0.25, -0.2) is 9.50 Å². The third-order valence-corrected chi connectivity index (χ3v) is 4.79. The Morgan fingerprint density at radius 2 is 2.00 bits per heavy atom. The van der Waals surface area contributed by atoms with E-state index in [0.29, 0.717) is 42.8 Å². The van der Waals surface area contributed by atoms with Crippen LogP contribution in [0.25, 0.3) is 16.6 Å². The minimum absolute atomic E-state index is 0.0495. The molecule has 8 heteroatoms. The van der Waals surface area contributed by atoms with E-state index in [2.05, 4.69) is 27.0 Å². The van der Waals surface area contributed by atoms with Gasteiger partial charge >= 0.3 is 0 Å². The fraction of sp³-hybridized carbons (Fsp3) is 0.200. The molecule has 4 rings (SSSR count). The molecule has 1 aliphatic rings. The number of fused-ring (bicyclic) bond motifs is 1. The van der Waals surface area contributed by atoms with Gasteiger partial charge in [0.1, 0.15) is 17.6 Å². The van der Waals surface area contributed by atoms with Gasteiger partial charge in [0.25, 0.3) is 5.91 Å². The van der Waals surface area contributed by atoms with Crippen molar-refractivity contribution >= 4 is 17.2 Å². The number of carbonyl (C=O) groups excluding carboxylic acids is 1. The molecule has 0 bridgehead atoms.